The second kappa shape index (κ2) is 6.13. The van der Waals surface area contributed by atoms with Crippen LogP contribution < -0.4 is 5.32 Å². The van der Waals surface area contributed by atoms with Crippen LogP contribution in [0.2, 0.25) is 0 Å². The van der Waals surface area contributed by atoms with E-state index in [2.05, 4.69) is 16.4 Å². The fourth-order valence-electron chi connectivity index (χ4n) is 3.31. The number of pyridine rings is 1. The predicted octanol–water partition coefficient (Wildman–Crippen LogP) is 2.16. The molecule has 1 aliphatic heterocycles. The Balaban J connectivity index is 1.59. The van der Waals surface area contributed by atoms with Crippen molar-refractivity contribution in [1.29, 1.82) is 5.26 Å². The largest absolute Gasteiger partial charge is 0.364 e. The van der Waals surface area contributed by atoms with E-state index < -0.39 is 0 Å². The van der Waals surface area contributed by atoms with Gasteiger partial charge in [-0.1, -0.05) is 12.8 Å². The van der Waals surface area contributed by atoms with E-state index in [0.29, 0.717) is 17.3 Å². The van der Waals surface area contributed by atoms with E-state index in [0.717, 1.165) is 32.4 Å². The Morgan fingerprint density at radius 3 is 2.95 bits per heavy atom. The summed E-state index contributed by atoms with van der Waals surface area (Å²) in [4.78, 5) is 18.6. The minimum atomic E-state index is 0.192. The van der Waals surface area contributed by atoms with Gasteiger partial charge in [-0.2, -0.15) is 5.26 Å². The molecule has 110 valence electrons. The number of likely N-dealkylation sites (tertiary alicyclic amines) is 1. The van der Waals surface area contributed by atoms with E-state index in [9.17, 15) is 4.79 Å². The van der Waals surface area contributed by atoms with Gasteiger partial charge in [0, 0.05) is 31.2 Å². The molecular formula is C16H20N4O. The number of aromatic nitrogens is 1. The summed E-state index contributed by atoms with van der Waals surface area (Å²) in [5.41, 5.74) is 0.554. The molecule has 3 rings (SSSR count). The normalized spacial score (nSPS) is 22.2. The third-order valence-corrected chi connectivity index (χ3v) is 4.47. The smallest absolute Gasteiger partial charge is 0.225 e. The Labute approximate surface area is 125 Å². The number of anilines is 1. The Bertz CT molecular complexity index is 560. The molecule has 5 heteroatoms. The molecule has 0 radical (unpaired) electrons. The first kappa shape index (κ1) is 13.9. The zero-order chi connectivity index (χ0) is 14.7. The highest BCUT2D eigenvalue weighted by Gasteiger charge is 2.32. The van der Waals surface area contributed by atoms with Crippen molar-refractivity contribution in [2.24, 2.45) is 5.92 Å². The van der Waals surface area contributed by atoms with Crippen molar-refractivity contribution >= 4 is 11.7 Å². The van der Waals surface area contributed by atoms with E-state index in [1.54, 1.807) is 18.3 Å². The van der Waals surface area contributed by atoms with Crippen LogP contribution in [-0.2, 0) is 4.79 Å². The van der Waals surface area contributed by atoms with Gasteiger partial charge in [-0.05, 0) is 31.4 Å². The van der Waals surface area contributed by atoms with Gasteiger partial charge in [0.15, 0.2) is 0 Å². The molecule has 21 heavy (non-hydrogen) atoms. The molecule has 2 heterocycles. The van der Waals surface area contributed by atoms with Crippen molar-refractivity contribution in [2.75, 3.05) is 18.4 Å². The summed E-state index contributed by atoms with van der Waals surface area (Å²) >= 11 is 0. The van der Waals surface area contributed by atoms with Gasteiger partial charge in [-0.3, -0.25) is 4.79 Å². The topological polar surface area (TPSA) is 69.0 Å². The quantitative estimate of drug-likeness (QED) is 0.923. The molecule has 1 aromatic heterocycles. The summed E-state index contributed by atoms with van der Waals surface area (Å²) in [6.45, 7) is 1.53. The summed E-state index contributed by atoms with van der Waals surface area (Å²) < 4.78 is 0. The fourth-order valence-corrected chi connectivity index (χ4v) is 3.31. The fraction of sp³-hybridized carbons (Fsp3) is 0.562. The molecule has 5 nitrogen and oxygen atoms in total. The van der Waals surface area contributed by atoms with E-state index in [-0.39, 0.29) is 12.0 Å². The number of hydrogen-bond acceptors (Lipinski definition) is 4. The molecule has 1 aliphatic carbocycles. The predicted molar refractivity (Wildman–Crippen MR) is 79.5 cm³/mol. The molecule has 1 amide bonds. The Morgan fingerprint density at radius 1 is 1.38 bits per heavy atom. The lowest BCUT2D eigenvalue weighted by atomic mass is 10.1. The Morgan fingerprint density at radius 2 is 2.19 bits per heavy atom. The van der Waals surface area contributed by atoms with E-state index in [1.807, 2.05) is 4.90 Å². The van der Waals surface area contributed by atoms with Crippen LogP contribution in [0, 0.1) is 17.2 Å². The molecule has 0 bridgehead atoms. The standard InChI is InChI=1S/C16H20N4O/c17-10-13-6-3-8-18-15(13)19-14-7-9-20(11-14)16(21)12-4-1-2-5-12/h3,6,8,12,14H,1-2,4-5,7,9,11H2,(H,18,19). The van der Waals surface area contributed by atoms with Crippen molar-refractivity contribution < 1.29 is 4.79 Å². The minimum Gasteiger partial charge on any atom is -0.364 e. The van der Waals surface area contributed by atoms with E-state index >= 15 is 0 Å². The first-order valence-electron chi connectivity index (χ1n) is 7.68. The third-order valence-electron chi connectivity index (χ3n) is 4.47. The average Bonchev–Trinajstić information content (AvgIpc) is 3.19. The zero-order valence-electron chi connectivity index (χ0n) is 12.1. The van der Waals surface area contributed by atoms with Crippen LogP contribution >= 0.6 is 0 Å². The maximum atomic E-state index is 12.4. The van der Waals surface area contributed by atoms with Crippen molar-refractivity contribution in [3.8, 4) is 6.07 Å². The Hall–Kier alpha value is -2.09. The molecule has 1 saturated carbocycles. The highest BCUT2D eigenvalue weighted by Crippen LogP contribution is 2.28. The number of nitrogens with one attached hydrogen (secondary N) is 1. The second-order valence-electron chi connectivity index (χ2n) is 5.91. The van der Waals surface area contributed by atoms with Crippen molar-refractivity contribution in [1.82, 2.24) is 9.88 Å². The lowest BCUT2D eigenvalue weighted by Crippen LogP contribution is -2.35. The van der Waals surface area contributed by atoms with Crippen molar-refractivity contribution in [3.63, 3.8) is 0 Å². The van der Waals surface area contributed by atoms with Gasteiger partial charge in [0.25, 0.3) is 0 Å². The minimum absolute atomic E-state index is 0.192. The summed E-state index contributed by atoms with van der Waals surface area (Å²) in [6.07, 6.45) is 7.06. The monoisotopic (exact) mass is 284 g/mol. The van der Waals surface area contributed by atoms with Crippen LogP contribution in [0.3, 0.4) is 0 Å². The van der Waals surface area contributed by atoms with Gasteiger partial charge in [-0.25, -0.2) is 4.98 Å². The molecule has 1 atom stereocenters. The summed E-state index contributed by atoms with van der Waals surface area (Å²) in [7, 11) is 0. The highest BCUT2D eigenvalue weighted by atomic mass is 16.2. The summed E-state index contributed by atoms with van der Waals surface area (Å²) in [5, 5.41) is 12.4. The maximum absolute atomic E-state index is 12.4. The molecule has 1 aromatic rings. The number of nitrogens with zero attached hydrogens (tertiary/aromatic N) is 3. The van der Waals surface area contributed by atoms with Crippen LogP contribution in [0.15, 0.2) is 18.3 Å². The first-order valence-corrected chi connectivity index (χ1v) is 7.68. The third kappa shape index (κ3) is 2.99. The Kier molecular flexibility index (Phi) is 4.05. The van der Waals surface area contributed by atoms with Crippen LogP contribution in [0.25, 0.3) is 0 Å². The van der Waals surface area contributed by atoms with Crippen LogP contribution in [-0.4, -0.2) is 34.9 Å². The number of carbonyl (C=O) groups excluding carboxylic acids is 1. The zero-order valence-corrected chi connectivity index (χ0v) is 12.1. The average molecular weight is 284 g/mol. The maximum Gasteiger partial charge on any atom is 0.225 e. The van der Waals surface area contributed by atoms with Gasteiger partial charge in [0.1, 0.15) is 11.9 Å². The number of amides is 1. The van der Waals surface area contributed by atoms with Crippen LogP contribution in [0.4, 0.5) is 5.82 Å². The molecule has 0 spiro atoms. The van der Waals surface area contributed by atoms with E-state index in [4.69, 9.17) is 5.26 Å². The van der Waals surface area contributed by atoms with Crippen LogP contribution in [0.5, 0.6) is 0 Å². The number of carbonyl (C=O) groups is 1. The molecule has 1 unspecified atom stereocenters. The summed E-state index contributed by atoms with van der Waals surface area (Å²) in [6, 6.07) is 5.85. The van der Waals surface area contributed by atoms with Crippen molar-refractivity contribution in [2.45, 2.75) is 38.1 Å². The lowest BCUT2D eigenvalue weighted by Gasteiger charge is -2.21. The lowest BCUT2D eigenvalue weighted by molar-refractivity contribution is -0.134. The first-order chi connectivity index (χ1) is 10.3. The summed E-state index contributed by atoms with van der Waals surface area (Å²) in [5.74, 6) is 1.19. The number of rotatable bonds is 3. The SMILES string of the molecule is N#Cc1cccnc1NC1CCN(C(=O)C2CCCC2)C1. The molecule has 1 saturated heterocycles. The molecule has 2 aliphatic rings. The van der Waals surface area contributed by atoms with E-state index in [1.165, 1.54) is 12.8 Å². The van der Waals surface area contributed by atoms with Gasteiger partial charge >= 0.3 is 0 Å². The molecular weight excluding hydrogens is 264 g/mol. The van der Waals surface area contributed by atoms with Crippen molar-refractivity contribution in [3.05, 3.63) is 23.9 Å². The molecule has 0 aromatic carbocycles. The van der Waals surface area contributed by atoms with Gasteiger partial charge in [0.05, 0.1) is 5.56 Å². The van der Waals surface area contributed by atoms with Gasteiger partial charge in [-0.15, -0.1) is 0 Å². The van der Waals surface area contributed by atoms with Gasteiger partial charge < -0.3 is 10.2 Å². The number of hydrogen-bond donors (Lipinski definition) is 1. The molecule has 1 N–H and O–H groups in total. The van der Waals surface area contributed by atoms with Crippen LogP contribution in [0.1, 0.15) is 37.7 Å². The second-order valence-corrected chi connectivity index (χ2v) is 5.91. The molecule has 2 fully saturated rings. The highest BCUT2D eigenvalue weighted by molar-refractivity contribution is 5.79. The number of nitriles is 1. The van der Waals surface area contributed by atoms with Gasteiger partial charge in [0.2, 0.25) is 5.91 Å².